The van der Waals surface area contributed by atoms with E-state index in [-0.39, 0.29) is 36.6 Å². The van der Waals surface area contributed by atoms with Crippen LogP contribution in [0.4, 0.5) is 0 Å². The monoisotopic (exact) mass is 311 g/mol. The maximum Gasteiger partial charge on any atom is 0.224 e. The minimum atomic E-state index is 0. The fourth-order valence-electron chi connectivity index (χ4n) is 1.93. The first-order valence-corrected chi connectivity index (χ1v) is 6.40. The number of aromatic nitrogens is 1. The zero-order valence-corrected chi connectivity index (χ0v) is 12.9. The van der Waals surface area contributed by atoms with Crippen molar-refractivity contribution in [2.75, 3.05) is 13.1 Å². The van der Waals surface area contributed by atoms with Gasteiger partial charge < -0.3 is 10.6 Å². The van der Waals surface area contributed by atoms with Crippen molar-refractivity contribution in [3.63, 3.8) is 0 Å². The fraction of sp³-hybridized carbons (Fsp3) is 0.636. The molecule has 104 valence electrons. The van der Waals surface area contributed by atoms with E-state index in [9.17, 15) is 4.79 Å². The molecule has 1 fully saturated rings. The van der Waals surface area contributed by atoms with Gasteiger partial charge in [-0.05, 0) is 26.8 Å². The van der Waals surface area contributed by atoms with Crippen molar-refractivity contribution in [2.24, 2.45) is 5.92 Å². The molecule has 0 bridgehead atoms. The highest BCUT2D eigenvalue weighted by molar-refractivity contribution is 7.11. The first-order chi connectivity index (χ1) is 7.66. The van der Waals surface area contributed by atoms with Crippen LogP contribution in [0, 0.1) is 19.8 Å². The number of thiazole rings is 1. The standard InChI is InChI=1S/C11H17N3OS.2ClH/c1-7-10(16-8(2)14-7)6-13-11(15)9-3-4-12-5-9;;/h9,12H,3-6H2,1-2H3,(H,13,15);2*1H. The van der Waals surface area contributed by atoms with Gasteiger partial charge in [-0.1, -0.05) is 0 Å². The van der Waals surface area contributed by atoms with Crippen LogP contribution in [0.15, 0.2) is 0 Å². The van der Waals surface area contributed by atoms with Crippen LogP contribution in [0.1, 0.15) is 22.0 Å². The van der Waals surface area contributed by atoms with Crippen LogP contribution in [0.3, 0.4) is 0 Å². The molecule has 1 aromatic heterocycles. The molecule has 18 heavy (non-hydrogen) atoms. The molecular weight excluding hydrogens is 293 g/mol. The summed E-state index contributed by atoms with van der Waals surface area (Å²) in [6.07, 6.45) is 0.951. The molecule has 0 saturated carbocycles. The van der Waals surface area contributed by atoms with Gasteiger partial charge in [0.2, 0.25) is 5.91 Å². The summed E-state index contributed by atoms with van der Waals surface area (Å²) in [5.41, 5.74) is 1.03. The van der Waals surface area contributed by atoms with Gasteiger partial charge in [0.15, 0.2) is 0 Å². The van der Waals surface area contributed by atoms with Crippen molar-refractivity contribution in [2.45, 2.75) is 26.8 Å². The first-order valence-electron chi connectivity index (χ1n) is 5.58. The molecule has 1 atom stereocenters. The Morgan fingerprint density at radius 2 is 2.22 bits per heavy atom. The molecule has 1 aliphatic rings. The molecule has 1 aromatic rings. The van der Waals surface area contributed by atoms with Crippen molar-refractivity contribution in [3.8, 4) is 0 Å². The minimum Gasteiger partial charge on any atom is -0.351 e. The summed E-state index contributed by atoms with van der Waals surface area (Å²) >= 11 is 1.66. The summed E-state index contributed by atoms with van der Waals surface area (Å²) in [6.45, 7) is 6.36. The highest BCUT2D eigenvalue weighted by atomic mass is 35.5. The van der Waals surface area contributed by atoms with Gasteiger partial charge in [-0.25, -0.2) is 4.98 Å². The van der Waals surface area contributed by atoms with E-state index in [0.717, 1.165) is 35.1 Å². The smallest absolute Gasteiger partial charge is 0.224 e. The van der Waals surface area contributed by atoms with Crippen LogP contribution in [0.5, 0.6) is 0 Å². The number of halogens is 2. The predicted octanol–water partition coefficient (Wildman–Crippen LogP) is 1.83. The van der Waals surface area contributed by atoms with Crippen LogP contribution in [-0.2, 0) is 11.3 Å². The van der Waals surface area contributed by atoms with E-state index >= 15 is 0 Å². The van der Waals surface area contributed by atoms with E-state index in [1.165, 1.54) is 0 Å². The first kappa shape index (κ1) is 17.6. The lowest BCUT2D eigenvalue weighted by atomic mass is 10.1. The van der Waals surface area contributed by atoms with E-state index in [4.69, 9.17) is 0 Å². The summed E-state index contributed by atoms with van der Waals surface area (Å²) in [7, 11) is 0. The maximum absolute atomic E-state index is 11.8. The normalized spacial score (nSPS) is 17.8. The second-order valence-electron chi connectivity index (χ2n) is 4.15. The lowest BCUT2D eigenvalue weighted by Gasteiger charge is -2.08. The molecular formula is C11H19Cl2N3OS. The number of hydrogen-bond acceptors (Lipinski definition) is 4. The second kappa shape index (κ2) is 7.94. The van der Waals surface area contributed by atoms with Gasteiger partial charge in [0.05, 0.1) is 23.2 Å². The number of nitrogens with one attached hydrogen (secondary N) is 2. The summed E-state index contributed by atoms with van der Waals surface area (Å²) in [5, 5.41) is 7.24. The zero-order valence-electron chi connectivity index (χ0n) is 10.5. The largest absolute Gasteiger partial charge is 0.351 e. The Bertz CT molecular complexity index is 392. The van der Waals surface area contributed by atoms with Crippen molar-refractivity contribution in [1.29, 1.82) is 0 Å². The molecule has 1 amide bonds. The Balaban J connectivity index is 0.00000144. The van der Waals surface area contributed by atoms with Crippen LogP contribution in [0.2, 0.25) is 0 Å². The van der Waals surface area contributed by atoms with Crippen LogP contribution >= 0.6 is 36.2 Å². The summed E-state index contributed by atoms with van der Waals surface area (Å²) in [4.78, 5) is 17.3. The van der Waals surface area contributed by atoms with Gasteiger partial charge in [0.25, 0.3) is 0 Å². The van der Waals surface area contributed by atoms with E-state index in [1.807, 2.05) is 13.8 Å². The Morgan fingerprint density at radius 1 is 1.50 bits per heavy atom. The molecule has 0 aliphatic carbocycles. The average Bonchev–Trinajstić information content (AvgIpc) is 2.84. The van der Waals surface area contributed by atoms with E-state index < -0.39 is 0 Å². The van der Waals surface area contributed by atoms with Gasteiger partial charge in [0.1, 0.15) is 0 Å². The van der Waals surface area contributed by atoms with Gasteiger partial charge in [-0.2, -0.15) is 0 Å². The molecule has 2 N–H and O–H groups in total. The number of aryl methyl sites for hydroxylation is 2. The topological polar surface area (TPSA) is 54.0 Å². The highest BCUT2D eigenvalue weighted by Crippen LogP contribution is 2.17. The van der Waals surface area contributed by atoms with Crippen molar-refractivity contribution in [1.82, 2.24) is 15.6 Å². The zero-order chi connectivity index (χ0) is 11.5. The molecule has 0 aromatic carbocycles. The lowest BCUT2D eigenvalue weighted by Crippen LogP contribution is -2.31. The van der Waals surface area contributed by atoms with E-state index in [1.54, 1.807) is 11.3 Å². The van der Waals surface area contributed by atoms with Crippen LogP contribution < -0.4 is 10.6 Å². The summed E-state index contributed by atoms with van der Waals surface area (Å²) in [6, 6.07) is 0. The van der Waals surface area contributed by atoms with Gasteiger partial charge >= 0.3 is 0 Å². The molecule has 1 unspecified atom stereocenters. The minimum absolute atomic E-state index is 0. The maximum atomic E-state index is 11.8. The Hall–Kier alpha value is -0.360. The Kier molecular flexibility index (Phi) is 7.78. The fourth-order valence-corrected chi connectivity index (χ4v) is 2.80. The lowest BCUT2D eigenvalue weighted by molar-refractivity contribution is -0.124. The number of hydrogen-bond donors (Lipinski definition) is 2. The number of carbonyl (C=O) groups is 1. The highest BCUT2D eigenvalue weighted by Gasteiger charge is 2.22. The van der Waals surface area contributed by atoms with Crippen molar-refractivity contribution < 1.29 is 4.79 Å². The average molecular weight is 312 g/mol. The molecule has 0 radical (unpaired) electrons. The van der Waals surface area contributed by atoms with E-state index in [2.05, 4.69) is 15.6 Å². The van der Waals surface area contributed by atoms with Gasteiger partial charge in [0, 0.05) is 11.4 Å². The Labute approximate surface area is 124 Å². The summed E-state index contributed by atoms with van der Waals surface area (Å²) in [5.74, 6) is 0.310. The third kappa shape index (κ3) is 4.39. The predicted molar refractivity (Wildman–Crippen MR) is 78.9 cm³/mol. The quantitative estimate of drug-likeness (QED) is 0.895. The molecule has 2 heterocycles. The molecule has 0 spiro atoms. The van der Waals surface area contributed by atoms with Gasteiger partial charge in [-0.3, -0.25) is 4.79 Å². The second-order valence-corrected chi connectivity index (χ2v) is 5.44. The number of amides is 1. The number of rotatable bonds is 3. The van der Waals surface area contributed by atoms with Crippen molar-refractivity contribution in [3.05, 3.63) is 15.6 Å². The molecule has 1 saturated heterocycles. The SMILES string of the molecule is Cc1nc(C)c(CNC(=O)C2CCNC2)s1.Cl.Cl. The number of carbonyl (C=O) groups excluding carboxylic acids is 1. The molecule has 7 heteroatoms. The van der Waals surface area contributed by atoms with Crippen molar-refractivity contribution >= 4 is 42.1 Å². The summed E-state index contributed by atoms with van der Waals surface area (Å²) < 4.78 is 0. The third-order valence-corrected chi connectivity index (χ3v) is 3.93. The Morgan fingerprint density at radius 3 is 2.72 bits per heavy atom. The molecule has 4 nitrogen and oxygen atoms in total. The molecule has 2 rings (SSSR count). The third-order valence-electron chi connectivity index (χ3n) is 2.85. The molecule has 1 aliphatic heterocycles. The van der Waals surface area contributed by atoms with E-state index in [0.29, 0.717) is 6.54 Å². The van der Waals surface area contributed by atoms with Gasteiger partial charge in [-0.15, -0.1) is 36.2 Å². The number of nitrogens with zero attached hydrogens (tertiary/aromatic N) is 1. The van der Waals surface area contributed by atoms with Crippen LogP contribution in [0.25, 0.3) is 0 Å². The van der Waals surface area contributed by atoms with Crippen LogP contribution in [-0.4, -0.2) is 24.0 Å².